The molecule has 0 N–H and O–H groups in total. The smallest absolute Gasteiger partial charge is 0.127 e. The molecule has 0 saturated carbocycles. The van der Waals surface area contributed by atoms with Gasteiger partial charge in [-0.05, 0) is 66.6 Å². The Kier molecular flexibility index (Phi) is 6.42. The van der Waals surface area contributed by atoms with Gasteiger partial charge in [0.1, 0.15) is 11.5 Å². The maximum Gasteiger partial charge on any atom is 0.127 e. The Hall–Kier alpha value is -2.31. The maximum absolute atomic E-state index is 9.40. The van der Waals surface area contributed by atoms with Gasteiger partial charge >= 0.3 is 0 Å². The summed E-state index contributed by atoms with van der Waals surface area (Å²) in [6.45, 7) is 10.0. The molecule has 3 rings (SSSR count). The first-order valence-corrected chi connectivity index (χ1v) is 10.4. The van der Waals surface area contributed by atoms with Crippen LogP contribution in [0.5, 0.6) is 11.5 Å². The monoisotopic (exact) mass is 376 g/mol. The number of likely N-dealkylation sites (tertiary alicyclic amines) is 1. The second-order valence-electron chi connectivity index (χ2n) is 8.69. The van der Waals surface area contributed by atoms with Gasteiger partial charge in [0.15, 0.2) is 0 Å². The van der Waals surface area contributed by atoms with Crippen molar-refractivity contribution in [1.29, 1.82) is 5.26 Å². The zero-order valence-corrected chi connectivity index (χ0v) is 17.4. The summed E-state index contributed by atoms with van der Waals surface area (Å²) < 4.78 is 5.88. The SMILES string of the molecule is CCC(C)(C)C1(CC#N)CCN(Cc2ccc(Oc3ccccc3)cc2)CC1. The first kappa shape index (κ1) is 20.4. The van der Waals surface area contributed by atoms with E-state index < -0.39 is 0 Å². The second-order valence-corrected chi connectivity index (χ2v) is 8.69. The number of nitriles is 1. The third kappa shape index (κ3) is 4.56. The predicted molar refractivity (Wildman–Crippen MR) is 114 cm³/mol. The van der Waals surface area contributed by atoms with Crippen molar-refractivity contribution < 1.29 is 4.74 Å². The van der Waals surface area contributed by atoms with Gasteiger partial charge in [0.25, 0.3) is 0 Å². The van der Waals surface area contributed by atoms with Crippen LogP contribution < -0.4 is 4.74 Å². The number of nitrogens with zero attached hydrogens (tertiary/aromatic N) is 2. The molecule has 0 aliphatic carbocycles. The largest absolute Gasteiger partial charge is 0.457 e. The first-order valence-electron chi connectivity index (χ1n) is 10.4. The van der Waals surface area contributed by atoms with Crippen molar-refractivity contribution >= 4 is 0 Å². The number of piperidine rings is 1. The summed E-state index contributed by atoms with van der Waals surface area (Å²) in [5.41, 5.74) is 1.67. The highest BCUT2D eigenvalue weighted by atomic mass is 16.5. The molecular weight excluding hydrogens is 344 g/mol. The highest BCUT2D eigenvalue weighted by molar-refractivity contribution is 5.33. The van der Waals surface area contributed by atoms with Crippen LogP contribution in [0, 0.1) is 22.2 Å². The van der Waals surface area contributed by atoms with E-state index in [9.17, 15) is 5.26 Å². The normalized spacial score (nSPS) is 17.1. The van der Waals surface area contributed by atoms with Gasteiger partial charge in [0, 0.05) is 13.0 Å². The Morgan fingerprint density at radius 3 is 2.18 bits per heavy atom. The van der Waals surface area contributed by atoms with Crippen LogP contribution in [0.15, 0.2) is 54.6 Å². The molecule has 1 aliphatic heterocycles. The summed E-state index contributed by atoms with van der Waals surface area (Å²) >= 11 is 0. The quantitative estimate of drug-likeness (QED) is 0.560. The molecule has 3 nitrogen and oxygen atoms in total. The summed E-state index contributed by atoms with van der Waals surface area (Å²) in [4.78, 5) is 2.52. The van der Waals surface area contributed by atoms with Crippen LogP contribution in [-0.2, 0) is 6.54 Å². The van der Waals surface area contributed by atoms with E-state index in [0.29, 0.717) is 6.42 Å². The molecule has 3 heteroatoms. The molecule has 0 aromatic heterocycles. The van der Waals surface area contributed by atoms with Gasteiger partial charge in [-0.1, -0.05) is 57.5 Å². The van der Waals surface area contributed by atoms with Crippen molar-refractivity contribution in [2.24, 2.45) is 10.8 Å². The van der Waals surface area contributed by atoms with Crippen molar-refractivity contribution in [2.45, 2.75) is 53.0 Å². The fourth-order valence-electron chi connectivity index (χ4n) is 4.30. The number of rotatable bonds is 7. The van der Waals surface area contributed by atoms with E-state index in [2.05, 4.69) is 43.9 Å². The number of benzene rings is 2. The van der Waals surface area contributed by atoms with Crippen molar-refractivity contribution in [3.8, 4) is 17.6 Å². The van der Waals surface area contributed by atoms with Crippen molar-refractivity contribution in [1.82, 2.24) is 4.90 Å². The lowest BCUT2D eigenvalue weighted by Gasteiger charge is -2.50. The molecule has 28 heavy (non-hydrogen) atoms. The van der Waals surface area contributed by atoms with E-state index in [0.717, 1.165) is 50.4 Å². The van der Waals surface area contributed by atoms with Crippen LogP contribution in [-0.4, -0.2) is 18.0 Å². The van der Waals surface area contributed by atoms with Gasteiger partial charge in [-0.3, -0.25) is 4.90 Å². The van der Waals surface area contributed by atoms with Crippen LogP contribution in [0.2, 0.25) is 0 Å². The summed E-state index contributed by atoms with van der Waals surface area (Å²) in [6, 6.07) is 20.8. The zero-order valence-electron chi connectivity index (χ0n) is 17.4. The Morgan fingerprint density at radius 2 is 1.61 bits per heavy atom. The van der Waals surface area contributed by atoms with E-state index in [1.54, 1.807) is 0 Å². The van der Waals surface area contributed by atoms with Gasteiger partial charge in [-0.15, -0.1) is 0 Å². The van der Waals surface area contributed by atoms with Crippen LogP contribution in [0.25, 0.3) is 0 Å². The molecule has 1 heterocycles. The predicted octanol–water partition coefficient (Wildman–Crippen LogP) is 6.41. The average molecular weight is 377 g/mol. The zero-order chi connectivity index (χ0) is 20.0. The lowest BCUT2D eigenvalue weighted by atomic mass is 9.58. The highest BCUT2D eigenvalue weighted by Gasteiger charge is 2.45. The van der Waals surface area contributed by atoms with E-state index in [4.69, 9.17) is 4.74 Å². The van der Waals surface area contributed by atoms with Gasteiger partial charge in [0.2, 0.25) is 0 Å². The standard InChI is InChI=1S/C25H32N2O/c1-4-24(2,3)25(14-17-26)15-18-27(19-16-25)20-21-10-12-23(13-11-21)28-22-8-6-5-7-9-22/h5-13H,4,14-16,18-20H2,1-3H3. The molecule has 1 saturated heterocycles. The third-order valence-corrected chi connectivity index (χ3v) is 6.86. The van der Waals surface area contributed by atoms with Gasteiger partial charge in [-0.2, -0.15) is 5.26 Å². The maximum atomic E-state index is 9.40. The molecule has 148 valence electrons. The minimum atomic E-state index is 0.153. The van der Waals surface area contributed by atoms with E-state index in [-0.39, 0.29) is 10.8 Å². The lowest BCUT2D eigenvalue weighted by molar-refractivity contribution is -0.00660. The lowest BCUT2D eigenvalue weighted by Crippen LogP contribution is -2.47. The molecule has 1 aliphatic rings. The summed E-state index contributed by atoms with van der Waals surface area (Å²) in [7, 11) is 0. The van der Waals surface area contributed by atoms with E-state index in [1.165, 1.54) is 5.56 Å². The Bertz CT molecular complexity index is 782. The van der Waals surface area contributed by atoms with Crippen molar-refractivity contribution in [3.05, 3.63) is 60.2 Å². The van der Waals surface area contributed by atoms with Gasteiger partial charge in [0.05, 0.1) is 6.07 Å². The van der Waals surface area contributed by atoms with Gasteiger partial charge < -0.3 is 4.74 Å². The molecule has 0 spiro atoms. The molecule has 0 radical (unpaired) electrons. The molecular formula is C25H32N2O. The summed E-state index contributed by atoms with van der Waals surface area (Å²) in [6.07, 6.45) is 4.01. The molecule has 0 bridgehead atoms. The second kappa shape index (κ2) is 8.80. The molecule has 2 aromatic carbocycles. The number of hydrogen-bond acceptors (Lipinski definition) is 3. The molecule has 2 aromatic rings. The molecule has 0 atom stereocenters. The minimum absolute atomic E-state index is 0.153. The first-order chi connectivity index (χ1) is 13.5. The Balaban J connectivity index is 1.58. The number of hydrogen-bond donors (Lipinski definition) is 0. The van der Waals surface area contributed by atoms with Crippen LogP contribution in [0.3, 0.4) is 0 Å². The summed E-state index contributed by atoms with van der Waals surface area (Å²) in [5.74, 6) is 1.73. The van der Waals surface area contributed by atoms with Crippen molar-refractivity contribution in [3.63, 3.8) is 0 Å². The topological polar surface area (TPSA) is 36.3 Å². The number of para-hydroxylation sites is 1. The fourth-order valence-corrected chi connectivity index (χ4v) is 4.30. The van der Waals surface area contributed by atoms with Crippen molar-refractivity contribution in [2.75, 3.05) is 13.1 Å². The van der Waals surface area contributed by atoms with E-state index >= 15 is 0 Å². The van der Waals surface area contributed by atoms with Crippen LogP contribution in [0.4, 0.5) is 0 Å². The molecule has 0 amide bonds. The summed E-state index contributed by atoms with van der Waals surface area (Å²) in [5, 5.41) is 9.40. The van der Waals surface area contributed by atoms with Crippen LogP contribution >= 0.6 is 0 Å². The third-order valence-electron chi connectivity index (χ3n) is 6.86. The fraction of sp³-hybridized carbons (Fsp3) is 0.480. The number of ether oxygens (including phenoxy) is 1. The Morgan fingerprint density at radius 1 is 1.00 bits per heavy atom. The average Bonchev–Trinajstić information content (AvgIpc) is 2.72. The van der Waals surface area contributed by atoms with Gasteiger partial charge in [-0.25, -0.2) is 0 Å². The Labute approximate surface area is 169 Å². The molecule has 1 fully saturated rings. The molecule has 0 unspecified atom stereocenters. The highest BCUT2D eigenvalue weighted by Crippen LogP contribution is 2.51. The van der Waals surface area contributed by atoms with E-state index in [1.807, 2.05) is 42.5 Å². The minimum Gasteiger partial charge on any atom is -0.457 e. The van der Waals surface area contributed by atoms with Crippen LogP contribution in [0.1, 0.15) is 52.0 Å².